The van der Waals surface area contributed by atoms with Gasteiger partial charge in [-0.2, -0.15) is 0 Å². The number of hydrogen-bond acceptors (Lipinski definition) is 5. The van der Waals surface area contributed by atoms with E-state index in [1.165, 1.54) is 18.2 Å². The Kier molecular flexibility index (Phi) is 5.76. The topological polar surface area (TPSA) is 82.9 Å². The fourth-order valence-electron chi connectivity index (χ4n) is 3.62. The van der Waals surface area contributed by atoms with Gasteiger partial charge in [-0.15, -0.1) is 0 Å². The molecule has 1 amide bonds. The lowest BCUT2D eigenvalue weighted by Gasteiger charge is -2.30. The molecule has 2 aliphatic rings. The highest BCUT2D eigenvalue weighted by Gasteiger charge is 2.38. The van der Waals surface area contributed by atoms with Gasteiger partial charge in [0.2, 0.25) is 0 Å². The molecule has 1 aromatic heterocycles. The number of amides is 1. The average Bonchev–Trinajstić information content (AvgIpc) is 3.04. The van der Waals surface area contributed by atoms with Gasteiger partial charge in [-0.3, -0.25) is 9.69 Å². The molecular weight excluding hydrogens is 386 g/mol. The van der Waals surface area contributed by atoms with Gasteiger partial charge >= 0.3 is 5.97 Å². The molecule has 1 N–H and O–H groups in total. The van der Waals surface area contributed by atoms with E-state index in [2.05, 4.69) is 9.98 Å². The summed E-state index contributed by atoms with van der Waals surface area (Å²) in [7, 11) is 0. The smallest absolute Gasteiger partial charge is 0.335 e. The van der Waals surface area contributed by atoms with Crippen molar-refractivity contribution in [3.05, 3.63) is 64.7 Å². The lowest BCUT2D eigenvalue weighted by atomic mass is 9.94. The second-order valence-corrected chi connectivity index (χ2v) is 8.10. The molecule has 0 bridgehead atoms. The van der Waals surface area contributed by atoms with Crippen LogP contribution in [-0.2, 0) is 4.79 Å². The standard InChI is InChI=1S/C22H21N3O3S/c26-20-18(14-15-9-11-16(12-10-15)21(27)28)29-22(24-19-8-4-5-13-23-19)25(20)17-6-2-1-3-7-17/h4-5,8-14,17H,1-3,6-7H2,(H,27,28)/b18-14-,24-22+. The molecule has 2 aromatic rings. The third-order valence-corrected chi connectivity index (χ3v) is 6.07. The minimum Gasteiger partial charge on any atom is -0.478 e. The number of carbonyl (C=O) groups is 2. The second kappa shape index (κ2) is 8.61. The summed E-state index contributed by atoms with van der Waals surface area (Å²) in [5.74, 6) is -0.432. The number of carboxylic acid groups (broad SMARTS) is 1. The van der Waals surface area contributed by atoms with Crippen LogP contribution in [0.3, 0.4) is 0 Å². The summed E-state index contributed by atoms with van der Waals surface area (Å²) in [6.07, 6.45) is 8.89. The van der Waals surface area contributed by atoms with Crippen LogP contribution in [0.2, 0.25) is 0 Å². The number of thioether (sulfide) groups is 1. The van der Waals surface area contributed by atoms with E-state index in [4.69, 9.17) is 5.11 Å². The maximum absolute atomic E-state index is 13.2. The molecule has 2 fully saturated rings. The van der Waals surface area contributed by atoms with Crippen LogP contribution in [0.4, 0.5) is 5.82 Å². The van der Waals surface area contributed by atoms with Crippen LogP contribution in [0.15, 0.2) is 58.6 Å². The SMILES string of the molecule is O=C(O)c1ccc(/C=C2\S/C(=N/c3ccccn3)N(C3CCCCC3)C2=O)cc1. The Morgan fingerprint density at radius 3 is 2.55 bits per heavy atom. The molecule has 0 spiro atoms. The first kappa shape index (κ1) is 19.4. The lowest BCUT2D eigenvalue weighted by Crippen LogP contribution is -2.40. The van der Waals surface area contributed by atoms with E-state index in [0.717, 1.165) is 31.2 Å². The van der Waals surface area contributed by atoms with Crippen LogP contribution < -0.4 is 0 Å². The van der Waals surface area contributed by atoms with Crippen molar-refractivity contribution in [2.45, 2.75) is 38.1 Å². The van der Waals surface area contributed by atoms with Gasteiger partial charge in [0.1, 0.15) is 0 Å². The molecule has 1 aliphatic heterocycles. The lowest BCUT2D eigenvalue weighted by molar-refractivity contribution is -0.124. The molecule has 1 saturated carbocycles. The zero-order valence-corrected chi connectivity index (χ0v) is 16.6. The molecule has 0 radical (unpaired) electrons. The number of aromatic carboxylic acids is 1. The van der Waals surface area contributed by atoms with Crippen molar-refractivity contribution in [3.8, 4) is 0 Å². The molecule has 7 heteroatoms. The first-order chi connectivity index (χ1) is 14.1. The summed E-state index contributed by atoms with van der Waals surface area (Å²) in [5, 5.41) is 9.71. The van der Waals surface area contributed by atoms with Crippen LogP contribution in [0.1, 0.15) is 48.0 Å². The van der Waals surface area contributed by atoms with E-state index in [1.807, 2.05) is 23.1 Å². The number of hydrogen-bond donors (Lipinski definition) is 1. The number of nitrogens with zero attached hydrogens (tertiary/aromatic N) is 3. The first-order valence-corrected chi connectivity index (χ1v) is 10.5. The summed E-state index contributed by atoms with van der Waals surface area (Å²) < 4.78 is 0. The minimum absolute atomic E-state index is 0.0427. The van der Waals surface area contributed by atoms with Gasteiger partial charge in [-0.25, -0.2) is 14.8 Å². The van der Waals surface area contributed by atoms with Crippen LogP contribution in [0.5, 0.6) is 0 Å². The average molecular weight is 407 g/mol. The Labute approximate surface area is 173 Å². The Morgan fingerprint density at radius 2 is 1.90 bits per heavy atom. The molecule has 2 heterocycles. The normalized spacial score (nSPS) is 20.6. The van der Waals surface area contributed by atoms with Gasteiger partial charge in [-0.05, 0) is 60.5 Å². The third-order valence-electron chi connectivity index (χ3n) is 5.09. The van der Waals surface area contributed by atoms with Crippen molar-refractivity contribution in [1.82, 2.24) is 9.88 Å². The van der Waals surface area contributed by atoms with Crippen molar-refractivity contribution >= 4 is 40.7 Å². The van der Waals surface area contributed by atoms with Crippen LogP contribution in [-0.4, -0.2) is 38.1 Å². The molecule has 148 valence electrons. The zero-order chi connectivity index (χ0) is 20.2. The van der Waals surface area contributed by atoms with E-state index in [-0.39, 0.29) is 17.5 Å². The third kappa shape index (κ3) is 4.40. The van der Waals surface area contributed by atoms with Crippen molar-refractivity contribution < 1.29 is 14.7 Å². The van der Waals surface area contributed by atoms with Crippen LogP contribution in [0, 0.1) is 0 Å². The second-order valence-electron chi connectivity index (χ2n) is 7.09. The number of rotatable bonds is 4. The molecule has 1 aliphatic carbocycles. The fraction of sp³-hybridized carbons (Fsp3) is 0.273. The van der Waals surface area contributed by atoms with Gasteiger partial charge in [-0.1, -0.05) is 37.5 Å². The van der Waals surface area contributed by atoms with Gasteiger partial charge in [0.05, 0.1) is 10.5 Å². The number of aliphatic imine (C=N–C) groups is 1. The predicted molar refractivity (Wildman–Crippen MR) is 114 cm³/mol. The molecular formula is C22H21N3O3S. The number of carboxylic acids is 1. The van der Waals surface area contributed by atoms with Crippen molar-refractivity contribution in [1.29, 1.82) is 0 Å². The largest absolute Gasteiger partial charge is 0.478 e. The number of benzene rings is 1. The molecule has 4 rings (SSSR count). The van der Waals surface area contributed by atoms with E-state index < -0.39 is 5.97 Å². The summed E-state index contributed by atoms with van der Waals surface area (Å²) in [6, 6.07) is 12.2. The van der Waals surface area contributed by atoms with Gasteiger partial charge in [0, 0.05) is 12.2 Å². The maximum atomic E-state index is 13.2. The Bertz CT molecular complexity index is 965. The van der Waals surface area contributed by atoms with E-state index in [9.17, 15) is 9.59 Å². The van der Waals surface area contributed by atoms with Crippen LogP contribution >= 0.6 is 11.8 Å². The molecule has 1 aromatic carbocycles. The predicted octanol–water partition coefficient (Wildman–Crippen LogP) is 4.72. The number of aromatic nitrogens is 1. The Hall–Kier alpha value is -2.93. The zero-order valence-electron chi connectivity index (χ0n) is 15.8. The van der Waals surface area contributed by atoms with Crippen molar-refractivity contribution in [2.24, 2.45) is 4.99 Å². The molecule has 1 saturated heterocycles. The maximum Gasteiger partial charge on any atom is 0.335 e. The molecule has 29 heavy (non-hydrogen) atoms. The first-order valence-electron chi connectivity index (χ1n) is 9.68. The number of pyridine rings is 1. The molecule has 0 atom stereocenters. The van der Waals surface area contributed by atoms with E-state index in [0.29, 0.717) is 15.9 Å². The Morgan fingerprint density at radius 1 is 1.14 bits per heavy atom. The fourth-order valence-corrected chi connectivity index (χ4v) is 4.66. The quantitative estimate of drug-likeness (QED) is 0.742. The van der Waals surface area contributed by atoms with Crippen LogP contribution in [0.25, 0.3) is 6.08 Å². The van der Waals surface area contributed by atoms with Gasteiger partial charge in [0.15, 0.2) is 11.0 Å². The van der Waals surface area contributed by atoms with E-state index >= 15 is 0 Å². The summed E-state index contributed by atoms with van der Waals surface area (Å²) in [4.78, 5) is 35.6. The molecule has 6 nitrogen and oxygen atoms in total. The summed E-state index contributed by atoms with van der Waals surface area (Å²) >= 11 is 1.35. The summed E-state index contributed by atoms with van der Waals surface area (Å²) in [6.45, 7) is 0. The van der Waals surface area contributed by atoms with Gasteiger partial charge < -0.3 is 5.11 Å². The Balaban J connectivity index is 1.66. The highest BCUT2D eigenvalue weighted by atomic mass is 32.2. The number of carbonyl (C=O) groups excluding carboxylic acids is 1. The number of amidine groups is 1. The minimum atomic E-state index is -0.969. The van der Waals surface area contributed by atoms with Crippen molar-refractivity contribution in [3.63, 3.8) is 0 Å². The monoisotopic (exact) mass is 407 g/mol. The highest BCUT2D eigenvalue weighted by molar-refractivity contribution is 8.18. The van der Waals surface area contributed by atoms with Gasteiger partial charge in [0.25, 0.3) is 5.91 Å². The van der Waals surface area contributed by atoms with E-state index in [1.54, 1.807) is 36.5 Å². The van der Waals surface area contributed by atoms with Crippen molar-refractivity contribution in [2.75, 3.05) is 0 Å². The highest BCUT2D eigenvalue weighted by Crippen LogP contribution is 2.38. The summed E-state index contributed by atoms with van der Waals surface area (Å²) in [5.41, 5.74) is 1.01. The molecule has 0 unspecified atom stereocenters.